The molecule has 0 amide bonds. The Morgan fingerprint density at radius 1 is 1.04 bits per heavy atom. The molecule has 0 spiro atoms. The van der Waals surface area contributed by atoms with Crippen LogP contribution in [0, 0.1) is 5.92 Å². The molecule has 0 saturated heterocycles. The van der Waals surface area contributed by atoms with Crippen LogP contribution in [0.3, 0.4) is 0 Å². The quantitative estimate of drug-likeness (QED) is 0.456. The first-order valence-electron chi connectivity index (χ1n) is 10.6. The van der Waals surface area contributed by atoms with Crippen molar-refractivity contribution in [2.45, 2.75) is 102 Å². The molecule has 1 aromatic rings. The van der Waals surface area contributed by atoms with E-state index in [-0.39, 0.29) is 6.61 Å². The van der Waals surface area contributed by atoms with Gasteiger partial charge in [0.05, 0.1) is 6.61 Å². The second-order valence-electron chi connectivity index (χ2n) is 8.20. The molecule has 1 fully saturated rings. The van der Waals surface area contributed by atoms with E-state index in [1.54, 1.807) is 0 Å². The number of hydrogen-bond donors (Lipinski definition) is 2. The summed E-state index contributed by atoms with van der Waals surface area (Å²) < 4.78 is 0. The standard InChI is InChI=1S/C22H39NOS/c1-2-22(23,18-24)17-16-21-15-14-20(25-21)13-9-4-3-6-10-19-11-7-5-8-12-19/h14-15,19,24H,2-13,16-18,23H2,1H3. The van der Waals surface area contributed by atoms with Gasteiger partial charge in [-0.15, -0.1) is 11.3 Å². The van der Waals surface area contributed by atoms with Crippen LogP contribution in [-0.2, 0) is 12.8 Å². The van der Waals surface area contributed by atoms with Gasteiger partial charge < -0.3 is 10.8 Å². The van der Waals surface area contributed by atoms with Crippen molar-refractivity contribution in [2.75, 3.05) is 6.61 Å². The van der Waals surface area contributed by atoms with Crippen molar-refractivity contribution in [1.29, 1.82) is 0 Å². The zero-order valence-corrected chi connectivity index (χ0v) is 17.1. The maximum Gasteiger partial charge on any atom is 0.0611 e. The minimum absolute atomic E-state index is 0.0859. The molecule has 0 aliphatic heterocycles. The van der Waals surface area contributed by atoms with Crippen LogP contribution in [-0.4, -0.2) is 17.3 Å². The number of unbranched alkanes of at least 4 members (excludes halogenated alkanes) is 3. The number of nitrogens with two attached hydrogens (primary N) is 1. The summed E-state index contributed by atoms with van der Waals surface area (Å²) in [6, 6.07) is 4.56. The van der Waals surface area contributed by atoms with Gasteiger partial charge >= 0.3 is 0 Å². The van der Waals surface area contributed by atoms with E-state index in [0.717, 1.165) is 25.2 Å². The smallest absolute Gasteiger partial charge is 0.0611 e. The molecule has 3 heteroatoms. The Morgan fingerprint density at radius 3 is 2.40 bits per heavy atom. The summed E-state index contributed by atoms with van der Waals surface area (Å²) in [4.78, 5) is 2.94. The Morgan fingerprint density at radius 2 is 1.72 bits per heavy atom. The molecule has 0 aromatic carbocycles. The molecule has 2 nitrogen and oxygen atoms in total. The molecule has 1 aromatic heterocycles. The Balaban J connectivity index is 1.55. The molecule has 144 valence electrons. The van der Waals surface area contributed by atoms with Crippen molar-refractivity contribution >= 4 is 11.3 Å². The third-order valence-corrected chi connectivity index (χ3v) is 7.32. The molecule has 1 aliphatic rings. The maximum atomic E-state index is 9.42. The topological polar surface area (TPSA) is 46.2 Å². The van der Waals surface area contributed by atoms with Crippen LogP contribution in [0.15, 0.2) is 12.1 Å². The highest BCUT2D eigenvalue weighted by molar-refractivity contribution is 7.11. The molecule has 25 heavy (non-hydrogen) atoms. The van der Waals surface area contributed by atoms with E-state index in [2.05, 4.69) is 19.1 Å². The predicted molar refractivity (Wildman–Crippen MR) is 110 cm³/mol. The van der Waals surface area contributed by atoms with Crippen LogP contribution < -0.4 is 5.73 Å². The maximum absolute atomic E-state index is 9.42. The van der Waals surface area contributed by atoms with E-state index in [0.29, 0.717) is 0 Å². The molecule has 3 N–H and O–H groups in total. The Kier molecular flexibility index (Phi) is 9.51. The van der Waals surface area contributed by atoms with Crippen molar-refractivity contribution in [3.63, 3.8) is 0 Å². The second-order valence-corrected chi connectivity index (χ2v) is 9.45. The van der Waals surface area contributed by atoms with E-state index in [4.69, 9.17) is 5.73 Å². The highest BCUT2D eigenvalue weighted by atomic mass is 32.1. The van der Waals surface area contributed by atoms with Gasteiger partial charge in [0, 0.05) is 15.3 Å². The zero-order valence-electron chi connectivity index (χ0n) is 16.3. The van der Waals surface area contributed by atoms with Crippen molar-refractivity contribution in [3.8, 4) is 0 Å². The molecule has 1 saturated carbocycles. The minimum atomic E-state index is -0.400. The van der Waals surface area contributed by atoms with Gasteiger partial charge in [0.2, 0.25) is 0 Å². The van der Waals surface area contributed by atoms with E-state index >= 15 is 0 Å². The number of thiophene rings is 1. The molecular formula is C22H39NOS. The third-order valence-electron chi connectivity index (χ3n) is 6.12. The van der Waals surface area contributed by atoms with Crippen LogP contribution in [0.4, 0.5) is 0 Å². The monoisotopic (exact) mass is 365 g/mol. The van der Waals surface area contributed by atoms with E-state index in [1.165, 1.54) is 80.4 Å². The lowest BCUT2D eigenvalue weighted by Crippen LogP contribution is -2.43. The summed E-state index contributed by atoms with van der Waals surface area (Å²) in [7, 11) is 0. The number of hydrogen-bond acceptors (Lipinski definition) is 3. The number of aliphatic hydroxyl groups excluding tert-OH is 1. The summed E-state index contributed by atoms with van der Waals surface area (Å²) >= 11 is 1.94. The summed E-state index contributed by atoms with van der Waals surface area (Å²) in [6.07, 6.45) is 18.4. The molecule has 1 heterocycles. The average Bonchev–Trinajstić information content (AvgIpc) is 3.11. The lowest BCUT2D eigenvalue weighted by atomic mass is 9.85. The van der Waals surface area contributed by atoms with E-state index in [9.17, 15) is 5.11 Å². The van der Waals surface area contributed by atoms with Gasteiger partial charge in [-0.2, -0.15) is 0 Å². The first kappa shape index (κ1) is 20.9. The lowest BCUT2D eigenvalue weighted by molar-refractivity contribution is 0.183. The lowest BCUT2D eigenvalue weighted by Gasteiger charge is -2.25. The van der Waals surface area contributed by atoms with Crippen LogP contribution in [0.2, 0.25) is 0 Å². The predicted octanol–water partition coefficient (Wildman–Crippen LogP) is 5.85. The molecule has 1 atom stereocenters. The SMILES string of the molecule is CCC(N)(CO)CCc1ccc(CCCCCCC2CCCCC2)s1. The zero-order chi connectivity index (χ0) is 18.0. The largest absolute Gasteiger partial charge is 0.394 e. The Labute approximate surface area is 159 Å². The normalized spacial score (nSPS) is 18.4. The molecule has 1 aliphatic carbocycles. The van der Waals surface area contributed by atoms with Crippen LogP contribution >= 0.6 is 11.3 Å². The fraction of sp³-hybridized carbons (Fsp3) is 0.818. The second kappa shape index (κ2) is 11.4. The molecule has 1 unspecified atom stereocenters. The molecule has 0 bridgehead atoms. The molecular weight excluding hydrogens is 326 g/mol. The van der Waals surface area contributed by atoms with Gasteiger partial charge in [0.1, 0.15) is 0 Å². The average molecular weight is 366 g/mol. The van der Waals surface area contributed by atoms with Crippen LogP contribution in [0.5, 0.6) is 0 Å². The summed E-state index contributed by atoms with van der Waals surface area (Å²) in [5.74, 6) is 1.05. The fourth-order valence-corrected chi connectivity index (χ4v) is 5.05. The summed E-state index contributed by atoms with van der Waals surface area (Å²) in [6.45, 7) is 2.15. The van der Waals surface area contributed by atoms with Crippen LogP contribution in [0.1, 0.15) is 93.7 Å². The van der Waals surface area contributed by atoms with Crippen molar-refractivity contribution in [1.82, 2.24) is 0 Å². The van der Waals surface area contributed by atoms with Crippen molar-refractivity contribution in [2.24, 2.45) is 11.7 Å². The van der Waals surface area contributed by atoms with Gasteiger partial charge in [0.25, 0.3) is 0 Å². The van der Waals surface area contributed by atoms with Gasteiger partial charge in [-0.1, -0.05) is 64.7 Å². The number of rotatable bonds is 12. The van der Waals surface area contributed by atoms with Crippen molar-refractivity contribution in [3.05, 3.63) is 21.9 Å². The molecule has 0 radical (unpaired) electrons. The van der Waals surface area contributed by atoms with E-state index in [1.807, 2.05) is 11.3 Å². The van der Waals surface area contributed by atoms with Gasteiger partial charge in [-0.25, -0.2) is 0 Å². The minimum Gasteiger partial charge on any atom is -0.394 e. The first-order chi connectivity index (χ1) is 12.1. The third kappa shape index (κ3) is 7.80. The number of aryl methyl sites for hydroxylation is 2. The summed E-state index contributed by atoms with van der Waals surface area (Å²) in [5, 5.41) is 9.42. The molecule has 2 rings (SSSR count). The summed E-state index contributed by atoms with van der Waals surface area (Å²) in [5.41, 5.74) is 5.79. The first-order valence-corrected chi connectivity index (χ1v) is 11.4. The number of aliphatic hydroxyl groups is 1. The van der Waals surface area contributed by atoms with Gasteiger partial charge in [-0.3, -0.25) is 0 Å². The van der Waals surface area contributed by atoms with Gasteiger partial charge in [-0.05, 0) is 50.2 Å². The highest BCUT2D eigenvalue weighted by Gasteiger charge is 2.21. The fourth-order valence-electron chi connectivity index (χ4n) is 3.99. The van der Waals surface area contributed by atoms with Crippen LogP contribution in [0.25, 0.3) is 0 Å². The highest BCUT2D eigenvalue weighted by Crippen LogP contribution is 2.28. The van der Waals surface area contributed by atoms with Crippen molar-refractivity contribution < 1.29 is 5.11 Å². The van der Waals surface area contributed by atoms with Gasteiger partial charge in [0.15, 0.2) is 0 Å². The Hall–Kier alpha value is -0.380. The van der Waals surface area contributed by atoms with E-state index < -0.39 is 5.54 Å². The Bertz CT molecular complexity index is 460.